The molecule has 42 heavy (non-hydrogen) atoms. The van der Waals surface area contributed by atoms with E-state index in [1.807, 2.05) is 0 Å². The van der Waals surface area contributed by atoms with Crippen molar-refractivity contribution in [2.75, 3.05) is 0 Å². The smallest absolute Gasteiger partial charge is 0.00910 e. The molecule has 4 aliphatic rings. The monoisotopic (exact) mass is 569 g/mol. The second-order valence-electron chi connectivity index (χ2n) is 19.3. The molecular formula is C42H64. The van der Waals surface area contributed by atoms with Gasteiger partial charge in [0.05, 0.1) is 0 Å². The fourth-order valence-corrected chi connectivity index (χ4v) is 11.6. The van der Waals surface area contributed by atoms with Crippen LogP contribution < -0.4 is 0 Å². The highest BCUT2D eigenvalue weighted by molar-refractivity contribution is 5.86. The lowest BCUT2D eigenvalue weighted by Crippen LogP contribution is -2.35. The highest BCUT2D eigenvalue weighted by Gasteiger charge is 2.59. The Morgan fingerprint density at radius 2 is 1.07 bits per heavy atom. The normalized spacial score (nSPS) is 38.3. The molecule has 6 rings (SSSR count). The Hall–Kier alpha value is -1.30. The van der Waals surface area contributed by atoms with Crippen molar-refractivity contribution in [1.82, 2.24) is 0 Å². The number of hydrogen-bond donors (Lipinski definition) is 0. The molecule has 0 amide bonds. The van der Waals surface area contributed by atoms with Crippen LogP contribution in [-0.2, 0) is 0 Å². The lowest BCUT2D eigenvalue weighted by molar-refractivity contribution is 0.0542. The van der Waals surface area contributed by atoms with Crippen molar-refractivity contribution in [3.8, 4) is 0 Å². The molecular weight excluding hydrogens is 504 g/mol. The van der Waals surface area contributed by atoms with Crippen molar-refractivity contribution in [2.24, 2.45) is 75.4 Å². The van der Waals surface area contributed by atoms with Gasteiger partial charge < -0.3 is 0 Å². The van der Waals surface area contributed by atoms with Gasteiger partial charge in [0, 0.05) is 0 Å². The quantitative estimate of drug-likeness (QED) is 0.345. The Kier molecular flexibility index (Phi) is 8.01. The third-order valence-corrected chi connectivity index (χ3v) is 14.1. The largest absolute Gasteiger partial charge is 0.0622 e. The van der Waals surface area contributed by atoms with Gasteiger partial charge in [-0.15, -0.1) is 0 Å². The third-order valence-electron chi connectivity index (χ3n) is 14.1. The van der Waals surface area contributed by atoms with Crippen LogP contribution in [0.5, 0.6) is 0 Å². The molecule has 0 bridgehead atoms. The molecule has 0 aromatic heterocycles. The predicted molar refractivity (Wildman–Crippen MR) is 183 cm³/mol. The third kappa shape index (κ3) is 5.53. The Morgan fingerprint density at radius 3 is 1.60 bits per heavy atom. The van der Waals surface area contributed by atoms with Crippen molar-refractivity contribution in [3.05, 3.63) is 48.0 Å². The Bertz CT molecular complexity index is 1190. The first kappa shape index (κ1) is 30.7. The predicted octanol–water partition coefficient (Wildman–Crippen LogP) is 12.4. The summed E-state index contributed by atoms with van der Waals surface area (Å²) in [4.78, 5) is 0. The first-order chi connectivity index (χ1) is 19.6. The van der Waals surface area contributed by atoms with Gasteiger partial charge in [0.1, 0.15) is 0 Å². The minimum atomic E-state index is 0.405. The fourth-order valence-electron chi connectivity index (χ4n) is 11.6. The number of fused-ring (bicyclic) bond motifs is 4. The van der Waals surface area contributed by atoms with E-state index >= 15 is 0 Å². The Labute approximate surface area is 260 Å². The molecule has 232 valence electrons. The average molecular weight is 569 g/mol. The van der Waals surface area contributed by atoms with Gasteiger partial charge >= 0.3 is 0 Å². The molecule has 0 saturated heterocycles. The summed E-state index contributed by atoms with van der Waals surface area (Å²) in [6.45, 7) is 25.4. The molecule has 2 aromatic carbocycles. The van der Waals surface area contributed by atoms with Crippen molar-refractivity contribution in [3.63, 3.8) is 0 Å². The lowest BCUT2D eigenvalue weighted by Gasteiger charge is -2.44. The van der Waals surface area contributed by atoms with E-state index in [2.05, 4.69) is 112 Å². The van der Waals surface area contributed by atoms with E-state index in [0.29, 0.717) is 22.2 Å². The zero-order valence-electron chi connectivity index (χ0n) is 29.0. The molecule has 4 aliphatic carbocycles. The number of hydrogen-bond acceptors (Lipinski definition) is 0. The summed E-state index contributed by atoms with van der Waals surface area (Å²) in [5.74, 6) is 9.53. The van der Waals surface area contributed by atoms with Gasteiger partial charge in [-0.05, 0) is 149 Å². The summed E-state index contributed by atoms with van der Waals surface area (Å²) in [6.07, 6.45) is 11.7. The van der Waals surface area contributed by atoms with E-state index in [1.165, 1.54) is 56.8 Å². The molecule has 9 unspecified atom stereocenters. The number of benzene rings is 2. The van der Waals surface area contributed by atoms with Crippen LogP contribution in [0, 0.1) is 75.4 Å². The molecule has 0 spiro atoms. The van der Waals surface area contributed by atoms with Gasteiger partial charge in [-0.25, -0.2) is 0 Å². The Balaban J connectivity index is 1.47. The van der Waals surface area contributed by atoms with Crippen molar-refractivity contribution < 1.29 is 0 Å². The molecule has 0 radical (unpaired) electrons. The van der Waals surface area contributed by atoms with Crippen LogP contribution >= 0.6 is 0 Å². The first-order valence-electron chi connectivity index (χ1n) is 18.1. The van der Waals surface area contributed by atoms with Crippen LogP contribution in [0.4, 0.5) is 0 Å². The van der Waals surface area contributed by atoms with E-state index in [9.17, 15) is 0 Å². The van der Waals surface area contributed by atoms with Crippen molar-refractivity contribution in [1.29, 1.82) is 0 Å². The second-order valence-corrected chi connectivity index (χ2v) is 19.3. The average Bonchev–Trinajstić information content (AvgIpc) is 3.46. The van der Waals surface area contributed by atoms with Crippen LogP contribution in [0.1, 0.15) is 132 Å². The zero-order chi connectivity index (χ0) is 30.2. The first-order valence-corrected chi connectivity index (χ1v) is 18.1. The molecule has 0 heteroatoms. The van der Waals surface area contributed by atoms with Gasteiger partial charge in [0.2, 0.25) is 0 Å². The van der Waals surface area contributed by atoms with Gasteiger partial charge in [-0.3, -0.25) is 0 Å². The summed E-state index contributed by atoms with van der Waals surface area (Å²) in [7, 11) is 0. The zero-order valence-corrected chi connectivity index (χ0v) is 29.0. The molecule has 0 aliphatic heterocycles. The maximum absolute atomic E-state index is 2.64. The van der Waals surface area contributed by atoms with Crippen LogP contribution in [-0.4, -0.2) is 0 Å². The Morgan fingerprint density at radius 1 is 0.548 bits per heavy atom. The van der Waals surface area contributed by atoms with Crippen LogP contribution in [0.25, 0.3) is 10.8 Å². The van der Waals surface area contributed by atoms with Crippen LogP contribution in [0.3, 0.4) is 0 Å². The van der Waals surface area contributed by atoms with E-state index in [-0.39, 0.29) is 0 Å². The van der Waals surface area contributed by atoms with E-state index in [4.69, 9.17) is 0 Å². The fraction of sp³-hybridized carbons (Fsp3) is 0.762. The molecule has 2 aromatic rings. The molecule has 10 atom stereocenters. The molecule has 0 heterocycles. The van der Waals surface area contributed by atoms with Gasteiger partial charge in [-0.1, -0.05) is 112 Å². The van der Waals surface area contributed by atoms with Crippen molar-refractivity contribution in [2.45, 2.75) is 127 Å². The van der Waals surface area contributed by atoms with Gasteiger partial charge in [-0.2, -0.15) is 0 Å². The van der Waals surface area contributed by atoms with Gasteiger partial charge in [0.25, 0.3) is 0 Å². The summed E-state index contributed by atoms with van der Waals surface area (Å²) in [5.41, 5.74) is 3.00. The summed E-state index contributed by atoms with van der Waals surface area (Å²) >= 11 is 0. The maximum atomic E-state index is 2.64. The summed E-state index contributed by atoms with van der Waals surface area (Å²) < 4.78 is 0. The maximum Gasteiger partial charge on any atom is -0.00910 e. The molecule has 0 N–H and O–H groups in total. The lowest BCUT2D eigenvalue weighted by atomic mass is 9.60. The van der Waals surface area contributed by atoms with Crippen molar-refractivity contribution >= 4 is 10.8 Å². The highest BCUT2D eigenvalue weighted by Crippen LogP contribution is 2.67. The SMILES string of the molecule is CC1CC(C(C)(C)C)CC1[C@@H](c1cccc2ccccc12)C1C2CCC(C(C)(C)C)CC2C2CC(C(C)(C)C)CCC21. The molecule has 0 nitrogen and oxygen atoms in total. The molecule has 4 fully saturated rings. The highest BCUT2D eigenvalue weighted by atomic mass is 14.6. The summed E-state index contributed by atoms with van der Waals surface area (Å²) in [5, 5.41) is 3.01. The topological polar surface area (TPSA) is 0 Å². The number of rotatable bonds is 3. The standard InChI is InChI=1S/C42H64/c1-26-22-30(42(8,9)10)25-35(26)39(32-17-13-15-27-14-11-12-16-31(27)32)38-33-20-18-28(40(2,3)4)23-36(33)37-24-29(41(5,6)7)19-21-34(37)38/h11-17,26,28-30,33-39H,18-25H2,1-10H3/t26?,28?,29?,30?,33?,34?,35?,36?,37?,38?,39-/m1/s1. The summed E-state index contributed by atoms with van der Waals surface area (Å²) in [6, 6.07) is 16.8. The molecule has 4 saturated carbocycles. The van der Waals surface area contributed by atoms with E-state index in [1.54, 1.807) is 10.9 Å². The van der Waals surface area contributed by atoms with Crippen LogP contribution in [0.2, 0.25) is 0 Å². The van der Waals surface area contributed by atoms with Crippen LogP contribution in [0.15, 0.2) is 42.5 Å². The second kappa shape index (κ2) is 10.9. The minimum Gasteiger partial charge on any atom is -0.0622 e. The van der Waals surface area contributed by atoms with Gasteiger partial charge in [0.15, 0.2) is 0 Å². The minimum absolute atomic E-state index is 0.405. The van der Waals surface area contributed by atoms with E-state index < -0.39 is 0 Å². The van der Waals surface area contributed by atoms with E-state index in [0.717, 1.165) is 59.2 Å².